The second kappa shape index (κ2) is 8.11. The lowest BCUT2D eigenvalue weighted by molar-refractivity contribution is -0.130. The first-order chi connectivity index (χ1) is 10.7. The van der Waals surface area contributed by atoms with Gasteiger partial charge in [0.05, 0.1) is 18.7 Å². The van der Waals surface area contributed by atoms with E-state index in [-0.39, 0.29) is 19.0 Å². The summed E-state index contributed by atoms with van der Waals surface area (Å²) in [6, 6.07) is 4.20. The second-order valence-corrected chi connectivity index (χ2v) is 5.27. The normalized spacial score (nSPS) is 17.8. The van der Waals surface area contributed by atoms with Gasteiger partial charge in [-0.25, -0.2) is 4.98 Å². The van der Waals surface area contributed by atoms with Crippen molar-refractivity contribution in [3.05, 3.63) is 12.7 Å². The molecular weight excluding hydrogens is 282 g/mol. The molecule has 0 unspecified atom stereocenters. The third-order valence-electron chi connectivity index (χ3n) is 3.85. The summed E-state index contributed by atoms with van der Waals surface area (Å²) in [5.41, 5.74) is 0. The molecule has 0 spiro atoms. The van der Waals surface area contributed by atoms with Crippen molar-refractivity contribution in [1.29, 1.82) is 10.5 Å². The lowest BCUT2D eigenvalue weighted by Crippen LogP contribution is -2.38. The van der Waals surface area contributed by atoms with Crippen LogP contribution >= 0.6 is 0 Å². The zero-order chi connectivity index (χ0) is 15.8. The van der Waals surface area contributed by atoms with E-state index in [0.29, 0.717) is 19.0 Å². The Balaban J connectivity index is 1.83. The summed E-state index contributed by atoms with van der Waals surface area (Å²) >= 11 is 0. The van der Waals surface area contributed by atoms with Crippen molar-refractivity contribution < 1.29 is 4.79 Å². The molecule has 1 atom stereocenters. The van der Waals surface area contributed by atoms with Gasteiger partial charge in [-0.2, -0.15) is 15.6 Å². The average molecular weight is 301 g/mol. The summed E-state index contributed by atoms with van der Waals surface area (Å²) in [7, 11) is 0. The van der Waals surface area contributed by atoms with E-state index in [4.69, 9.17) is 10.5 Å². The Kier molecular flexibility index (Phi) is 5.87. The fourth-order valence-corrected chi connectivity index (χ4v) is 2.74. The second-order valence-electron chi connectivity index (χ2n) is 5.27. The Labute approximate surface area is 129 Å². The number of rotatable bonds is 7. The van der Waals surface area contributed by atoms with Crippen molar-refractivity contribution in [1.82, 2.24) is 24.6 Å². The summed E-state index contributed by atoms with van der Waals surface area (Å²) in [4.78, 5) is 19.6. The average Bonchev–Trinajstić information content (AvgIpc) is 3.17. The third-order valence-corrected chi connectivity index (χ3v) is 3.85. The van der Waals surface area contributed by atoms with Crippen LogP contribution in [0.2, 0.25) is 0 Å². The van der Waals surface area contributed by atoms with Crippen LogP contribution in [0.25, 0.3) is 0 Å². The van der Waals surface area contributed by atoms with Crippen molar-refractivity contribution in [2.24, 2.45) is 0 Å². The number of nitrogens with zero attached hydrogens (tertiary/aromatic N) is 7. The number of carbonyl (C=O) groups excluding carboxylic acids is 1. The Morgan fingerprint density at radius 3 is 2.77 bits per heavy atom. The molecule has 1 aliphatic rings. The molecule has 0 aromatic carbocycles. The lowest BCUT2D eigenvalue weighted by Gasteiger charge is -2.25. The zero-order valence-corrected chi connectivity index (χ0v) is 12.4. The van der Waals surface area contributed by atoms with E-state index >= 15 is 0 Å². The smallest absolute Gasteiger partial charge is 0.225 e. The molecule has 0 N–H and O–H groups in total. The fraction of sp³-hybridized carbons (Fsp3) is 0.643. The van der Waals surface area contributed by atoms with Gasteiger partial charge in [-0.05, 0) is 19.4 Å². The first-order valence-electron chi connectivity index (χ1n) is 7.32. The van der Waals surface area contributed by atoms with Gasteiger partial charge in [0.25, 0.3) is 0 Å². The van der Waals surface area contributed by atoms with Crippen molar-refractivity contribution in [2.75, 3.05) is 26.2 Å². The lowest BCUT2D eigenvalue weighted by atomic mass is 10.2. The van der Waals surface area contributed by atoms with Crippen LogP contribution in [-0.2, 0) is 11.3 Å². The first-order valence-corrected chi connectivity index (χ1v) is 7.32. The number of amides is 1. The van der Waals surface area contributed by atoms with Crippen molar-refractivity contribution in [3.63, 3.8) is 0 Å². The van der Waals surface area contributed by atoms with E-state index < -0.39 is 0 Å². The highest BCUT2D eigenvalue weighted by Crippen LogP contribution is 2.18. The highest BCUT2D eigenvalue weighted by molar-refractivity contribution is 5.76. The van der Waals surface area contributed by atoms with Crippen molar-refractivity contribution in [3.8, 4) is 12.1 Å². The van der Waals surface area contributed by atoms with E-state index in [1.165, 1.54) is 11.2 Å². The Morgan fingerprint density at radius 2 is 2.14 bits per heavy atom. The van der Waals surface area contributed by atoms with Gasteiger partial charge in [0.1, 0.15) is 25.7 Å². The van der Waals surface area contributed by atoms with Crippen LogP contribution in [-0.4, -0.2) is 62.7 Å². The molecule has 22 heavy (non-hydrogen) atoms. The minimum absolute atomic E-state index is 0.0330. The van der Waals surface area contributed by atoms with Crippen molar-refractivity contribution >= 4 is 5.91 Å². The molecule has 0 bridgehead atoms. The highest BCUT2D eigenvalue weighted by atomic mass is 16.2. The Morgan fingerprint density at radius 1 is 1.36 bits per heavy atom. The van der Waals surface area contributed by atoms with Gasteiger partial charge in [0.15, 0.2) is 0 Å². The maximum atomic E-state index is 12.1. The Bertz CT molecular complexity index is 541. The molecule has 1 amide bonds. The van der Waals surface area contributed by atoms with E-state index in [1.54, 1.807) is 6.33 Å². The van der Waals surface area contributed by atoms with Gasteiger partial charge in [0, 0.05) is 19.0 Å². The minimum Gasteiger partial charge on any atom is -0.316 e. The molecule has 8 heteroatoms. The van der Waals surface area contributed by atoms with Crippen LogP contribution < -0.4 is 0 Å². The Hall–Kier alpha value is -2.45. The molecule has 2 rings (SSSR count). The summed E-state index contributed by atoms with van der Waals surface area (Å²) in [6.07, 6.45) is 5.73. The van der Waals surface area contributed by atoms with Gasteiger partial charge in [-0.15, -0.1) is 0 Å². The van der Waals surface area contributed by atoms with Crippen LogP contribution in [0.4, 0.5) is 0 Å². The molecule has 116 valence electrons. The zero-order valence-electron chi connectivity index (χ0n) is 12.4. The quantitative estimate of drug-likeness (QED) is 0.657. The highest BCUT2D eigenvalue weighted by Gasteiger charge is 2.26. The number of hydrogen-bond acceptors (Lipinski definition) is 6. The summed E-state index contributed by atoms with van der Waals surface area (Å²) in [5, 5.41) is 21.5. The molecule has 1 aliphatic heterocycles. The number of likely N-dealkylation sites (tertiary alicyclic amines) is 1. The van der Waals surface area contributed by atoms with Gasteiger partial charge >= 0.3 is 0 Å². The minimum atomic E-state index is -0.144. The number of hydrogen-bond donors (Lipinski definition) is 0. The maximum absolute atomic E-state index is 12.1. The topological polar surface area (TPSA) is 102 Å². The first kappa shape index (κ1) is 15.9. The molecule has 0 saturated carbocycles. The standard InChI is InChI=1S/C14H19N7O/c15-4-8-20(9-5-16)14(22)3-7-19-6-1-2-13(19)10-21-12-17-11-18-21/h11-13H,1-3,6-10H2/t13-/m1/s1. The van der Waals surface area contributed by atoms with Crippen LogP contribution in [0.1, 0.15) is 19.3 Å². The monoisotopic (exact) mass is 301 g/mol. The number of carbonyl (C=O) groups is 1. The van der Waals surface area contributed by atoms with E-state index in [9.17, 15) is 4.79 Å². The van der Waals surface area contributed by atoms with Crippen molar-refractivity contribution in [2.45, 2.75) is 31.8 Å². The third kappa shape index (κ3) is 4.27. The number of nitriles is 2. The molecule has 1 aromatic rings. The molecule has 8 nitrogen and oxygen atoms in total. The predicted molar refractivity (Wildman–Crippen MR) is 77.0 cm³/mol. The van der Waals surface area contributed by atoms with Crippen LogP contribution in [0.15, 0.2) is 12.7 Å². The molecule has 2 heterocycles. The maximum Gasteiger partial charge on any atom is 0.225 e. The molecule has 0 aliphatic carbocycles. The molecular formula is C14H19N7O. The van der Waals surface area contributed by atoms with Crippen LogP contribution in [0.3, 0.4) is 0 Å². The summed E-state index contributed by atoms with van der Waals surface area (Å²) in [5.74, 6) is -0.144. The van der Waals surface area contributed by atoms with Crippen LogP contribution in [0, 0.1) is 22.7 Å². The van der Waals surface area contributed by atoms with Gasteiger partial charge in [-0.1, -0.05) is 0 Å². The SMILES string of the molecule is N#CCN(CC#N)C(=O)CCN1CCC[C@@H]1Cn1cncn1. The molecule has 1 aromatic heterocycles. The van der Waals surface area contributed by atoms with E-state index in [1.807, 2.05) is 16.8 Å². The van der Waals surface area contributed by atoms with E-state index in [0.717, 1.165) is 25.9 Å². The van der Waals surface area contributed by atoms with Gasteiger partial charge in [-0.3, -0.25) is 14.4 Å². The number of aromatic nitrogens is 3. The molecule has 1 fully saturated rings. The fourth-order valence-electron chi connectivity index (χ4n) is 2.74. The summed E-state index contributed by atoms with van der Waals surface area (Å²) in [6.45, 7) is 2.31. The van der Waals surface area contributed by atoms with Crippen LogP contribution in [0.5, 0.6) is 0 Å². The van der Waals surface area contributed by atoms with E-state index in [2.05, 4.69) is 15.0 Å². The molecule has 0 radical (unpaired) electrons. The van der Waals surface area contributed by atoms with Gasteiger partial charge < -0.3 is 4.90 Å². The molecule has 1 saturated heterocycles. The summed E-state index contributed by atoms with van der Waals surface area (Å²) < 4.78 is 1.81. The van der Waals surface area contributed by atoms with Gasteiger partial charge in [0.2, 0.25) is 5.91 Å². The predicted octanol–water partition coefficient (Wildman–Crippen LogP) is 0.00836. The largest absolute Gasteiger partial charge is 0.316 e.